The summed E-state index contributed by atoms with van der Waals surface area (Å²) in [5, 5.41) is 5.16. The second-order valence-corrected chi connectivity index (χ2v) is 4.41. The highest BCUT2D eigenvalue weighted by atomic mass is 32.1. The standard InChI is InChI=1S/C13H12N2OS/c1-10(11-5-3-2-4-6-11)9-12(16)15-13-14-7-8-17-13/h2-9H,1H3,(H,14,15,16)/b10-9+. The summed E-state index contributed by atoms with van der Waals surface area (Å²) in [6.07, 6.45) is 3.24. The molecule has 86 valence electrons. The molecule has 1 heterocycles. The van der Waals surface area contributed by atoms with Crippen LogP contribution in [0.15, 0.2) is 48.0 Å². The van der Waals surface area contributed by atoms with E-state index in [2.05, 4.69) is 10.3 Å². The fourth-order valence-electron chi connectivity index (χ4n) is 1.41. The predicted octanol–water partition coefficient (Wildman–Crippen LogP) is 3.19. The van der Waals surface area contributed by atoms with Crippen LogP contribution in [0.2, 0.25) is 0 Å². The van der Waals surface area contributed by atoms with Gasteiger partial charge in [0.1, 0.15) is 0 Å². The zero-order valence-corrected chi connectivity index (χ0v) is 10.2. The molecule has 0 bridgehead atoms. The van der Waals surface area contributed by atoms with Gasteiger partial charge in [0.05, 0.1) is 0 Å². The molecule has 0 aliphatic rings. The molecule has 2 aromatic rings. The summed E-state index contributed by atoms with van der Waals surface area (Å²) in [5.74, 6) is -0.152. The molecule has 0 saturated heterocycles. The Bertz CT molecular complexity index is 518. The van der Waals surface area contributed by atoms with Crippen molar-refractivity contribution in [3.8, 4) is 0 Å². The van der Waals surface area contributed by atoms with E-state index >= 15 is 0 Å². The molecule has 0 unspecified atom stereocenters. The summed E-state index contributed by atoms with van der Waals surface area (Å²) >= 11 is 1.40. The van der Waals surface area contributed by atoms with Gasteiger partial charge in [-0.05, 0) is 18.1 Å². The number of hydrogen-bond donors (Lipinski definition) is 1. The minimum absolute atomic E-state index is 0.152. The number of thiazole rings is 1. The minimum atomic E-state index is -0.152. The van der Waals surface area contributed by atoms with Crippen molar-refractivity contribution in [2.45, 2.75) is 6.92 Å². The minimum Gasteiger partial charge on any atom is -0.298 e. The highest BCUT2D eigenvalue weighted by Crippen LogP contribution is 2.14. The topological polar surface area (TPSA) is 42.0 Å². The van der Waals surface area contributed by atoms with E-state index in [1.54, 1.807) is 12.3 Å². The Morgan fingerprint density at radius 2 is 2.12 bits per heavy atom. The molecule has 0 aliphatic carbocycles. The third-order valence-corrected chi connectivity index (χ3v) is 2.93. The van der Waals surface area contributed by atoms with Gasteiger partial charge >= 0.3 is 0 Å². The number of nitrogens with one attached hydrogen (secondary N) is 1. The number of rotatable bonds is 3. The lowest BCUT2D eigenvalue weighted by Crippen LogP contribution is -2.08. The zero-order valence-electron chi connectivity index (χ0n) is 9.38. The van der Waals surface area contributed by atoms with Crippen molar-refractivity contribution in [3.63, 3.8) is 0 Å². The van der Waals surface area contributed by atoms with Crippen molar-refractivity contribution in [3.05, 3.63) is 53.5 Å². The van der Waals surface area contributed by atoms with Crippen LogP contribution >= 0.6 is 11.3 Å². The first-order valence-corrected chi connectivity index (χ1v) is 6.08. The number of aromatic nitrogens is 1. The van der Waals surface area contributed by atoms with Gasteiger partial charge in [-0.2, -0.15) is 0 Å². The maximum atomic E-state index is 11.7. The lowest BCUT2D eigenvalue weighted by atomic mass is 10.1. The monoisotopic (exact) mass is 244 g/mol. The van der Waals surface area contributed by atoms with Gasteiger partial charge in [-0.1, -0.05) is 30.3 Å². The van der Waals surface area contributed by atoms with Crippen LogP contribution in [-0.2, 0) is 4.79 Å². The van der Waals surface area contributed by atoms with Crippen LogP contribution in [-0.4, -0.2) is 10.9 Å². The van der Waals surface area contributed by atoms with Gasteiger partial charge in [0.2, 0.25) is 5.91 Å². The van der Waals surface area contributed by atoms with E-state index in [0.29, 0.717) is 5.13 Å². The first-order chi connectivity index (χ1) is 8.25. The highest BCUT2D eigenvalue weighted by Gasteiger charge is 2.02. The van der Waals surface area contributed by atoms with Crippen molar-refractivity contribution in [1.82, 2.24) is 4.98 Å². The van der Waals surface area contributed by atoms with Gasteiger partial charge in [-0.3, -0.25) is 10.1 Å². The number of carbonyl (C=O) groups is 1. The molecule has 3 nitrogen and oxygen atoms in total. The first-order valence-electron chi connectivity index (χ1n) is 5.20. The summed E-state index contributed by atoms with van der Waals surface area (Å²) in [6, 6.07) is 9.80. The molecular formula is C13H12N2OS. The van der Waals surface area contributed by atoms with Crippen LogP contribution in [0.3, 0.4) is 0 Å². The molecule has 1 aromatic carbocycles. The van der Waals surface area contributed by atoms with Gasteiger partial charge in [0.25, 0.3) is 0 Å². The Hall–Kier alpha value is -1.94. The number of nitrogens with zero attached hydrogens (tertiary/aromatic N) is 1. The summed E-state index contributed by atoms with van der Waals surface area (Å²) in [4.78, 5) is 15.7. The van der Waals surface area contributed by atoms with E-state index in [-0.39, 0.29) is 5.91 Å². The number of carbonyl (C=O) groups excluding carboxylic acids is 1. The van der Waals surface area contributed by atoms with Crippen molar-refractivity contribution < 1.29 is 4.79 Å². The van der Waals surface area contributed by atoms with E-state index in [9.17, 15) is 4.79 Å². The Balaban J connectivity index is 2.07. The van der Waals surface area contributed by atoms with E-state index < -0.39 is 0 Å². The third kappa shape index (κ3) is 3.26. The van der Waals surface area contributed by atoms with Crippen molar-refractivity contribution in [1.29, 1.82) is 0 Å². The molecule has 0 atom stereocenters. The molecule has 4 heteroatoms. The molecule has 1 N–H and O–H groups in total. The molecule has 1 aromatic heterocycles. The van der Waals surface area contributed by atoms with Crippen molar-refractivity contribution >= 4 is 27.9 Å². The quantitative estimate of drug-likeness (QED) is 0.842. The largest absolute Gasteiger partial charge is 0.298 e. The van der Waals surface area contributed by atoms with Crippen molar-refractivity contribution in [2.75, 3.05) is 5.32 Å². The molecule has 0 spiro atoms. The Morgan fingerprint density at radius 1 is 1.35 bits per heavy atom. The van der Waals surface area contributed by atoms with Crippen LogP contribution < -0.4 is 5.32 Å². The Morgan fingerprint density at radius 3 is 2.76 bits per heavy atom. The number of amides is 1. The lowest BCUT2D eigenvalue weighted by Gasteiger charge is -2.01. The molecule has 2 rings (SSSR count). The molecule has 1 amide bonds. The van der Waals surface area contributed by atoms with Gasteiger partial charge in [0, 0.05) is 17.7 Å². The Labute approximate surface area is 104 Å². The van der Waals surface area contributed by atoms with E-state index in [4.69, 9.17) is 0 Å². The summed E-state index contributed by atoms with van der Waals surface area (Å²) in [7, 11) is 0. The first kappa shape index (κ1) is 11.5. The van der Waals surface area contributed by atoms with Crippen molar-refractivity contribution in [2.24, 2.45) is 0 Å². The average molecular weight is 244 g/mol. The second-order valence-electron chi connectivity index (χ2n) is 3.52. The maximum absolute atomic E-state index is 11.7. The summed E-state index contributed by atoms with van der Waals surface area (Å²) in [6.45, 7) is 1.91. The van der Waals surface area contributed by atoms with Crippen LogP contribution in [0, 0.1) is 0 Å². The highest BCUT2D eigenvalue weighted by molar-refractivity contribution is 7.13. The van der Waals surface area contributed by atoms with Gasteiger partial charge in [-0.25, -0.2) is 4.98 Å². The molecule has 0 fully saturated rings. The molecule has 0 saturated carbocycles. The number of hydrogen-bond acceptors (Lipinski definition) is 3. The van der Waals surface area contributed by atoms with E-state index in [0.717, 1.165) is 11.1 Å². The summed E-state index contributed by atoms with van der Waals surface area (Å²) in [5.41, 5.74) is 1.97. The van der Waals surface area contributed by atoms with E-state index in [1.807, 2.05) is 42.6 Å². The fourth-order valence-corrected chi connectivity index (χ4v) is 1.94. The van der Waals surface area contributed by atoms with Gasteiger partial charge in [-0.15, -0.1) is 11.3 Å². The van der Waals surface area contributed by atoms with Crippen LogP contribution in [0.1, 0.15) is 12.5 Å². The van der Waals surface area contributed by atoms with Gasteiger partial charge in [0.15, 0.2) is 5.13 Å². The second kappa shape index (κ2) is 5.41. The number of anilines is 1. The SMILES string of the molecule is C/C(=C\C(=O)Nc1nccs1)c1ccccc1. The predicted molar refractivity (Wildman–Crippen MR) is 70.8 cm³/mol. The number of benzene rings is 1. The van der Waals surface area contributed by atoms with Crippen LogP contribution in [0.4, 0.5) is 5.13 Å². The average Bonchev–Trinajstić information content (AvgIpc) is 2.82. The van der Waals surface area contributed by atoms with Crippen LogP contribution in [0.25, 0.3) is 5.57 Å². The smallest absolute Gasteiger partial charge is 0.250 e. The molecular weight excluding hydrogens is 232 g/mol. The normalized spacial score (nSPS) is 11.2. The Kier molecular flexibility index (Phi) is 3.67. The third-order valence-electron chi connectivity index (χ3n) is 2.24. The molecule has 17 heavy (non-hydrogen) atoms. The lowest BCUT2D eigenvalue weighted by molar-refractivity contribution is -0.111. The van der Waals surface area contributed by atoms with Crippen LogP contribution in [0.5, 0.6) is 0 Å². The molecule has 0 radical (unpaired) electrons. The maximum Gasteiger partial charge on any atom is 0.250 e. The summed E-state index contributed by atoms with van der Waals surface area (Å²) < 4.78 is 0. The number of allylic oxidation sites excluding steroid dienone is 1. The van der Waals surface area contributed by atoms with Gasteiger partial charge < -0.3 is 0 Å². The fraction of sp³-hybridized carbons (Fsp3) is 0.0769. The van der Waals surface area contributed by atoms with E-state index in [1.165, 1.54) is 11.3 Å². The molecule has 0 aliphatic heterocycles. The zero-order chi connectivity index (χ0) is 12.1.